The summed E-state index contributed by atoms with van der Waals surface area (Å²) in [6.07, 6.45) is -0.685. The average molecular weight is 1290 g/mol. The highest BCUT2D eigenvalue weighted by Crippen LogP contribution is 2.19. The van der Waals surface area contributed by atoms with E-state index in [1.54, 1.807) is 91.0 Å². The molecule has 0 heterocycles. The van der Waals surface area contributed by atoms with Crippen LogP contribution in [0.4, 0.5) is 5.69 Å². The molecule has 0 saturated heterocycles. The van der Waals surface area contributed by atoms with Crippen LogP contribution in [0.25, 0.3) is 0 Å². The molecule has 8 amide bonds. The van der Waals surface area contributed by atoms with Gasteiger partial charge in [0.1, 0.15) is 49.5 Å². The molecule has 4 aromatic rings. The molecule has 23 N–H and O–H groups in total. The molecule has 0 aliphatic heterocycles. The fourth-order valence-corrected chi connectivity index (χ4v) is 9.15. The first kappa shape index (κ1) is 74.8. The molecule has 0 aliphatic carbocycles. The molecule has 31 heteroatoms. The van der Waals surface area contributed by atoms with Gasteiger partial charge in [-0.3, -0.25) is 53.3 Å². The lowest BCUT2D eigenvalue weighted by atomic mass is 10.0. The second kappa shape index (κ2) is 40.8. The van der Waals surface area contributed by atoms with E-state index in [1.165, 1.54) is 12.1 Å². The summed E-state index contributed by atoms with van der Waals surface area (Å²) in [7, 11) is 0. The number of carbonyl (C=O) groups is 10. The number of guanidine groups is 3. The molecule has 0 aromatic heterocycles. The molecule has 0 radical (unpaired) electrons. The Kier molecular flexibility index (Phi) is 32.8. The van der Waals surface area contributed by atoms with Crippen molar-refractivity contribution >= 4 is 82.8 Å². The van der Waals surface area contributed by atoms with Crippen molar-refractivity contribution in [3.63, 3.8) is 0 Å². The van der Waals surface area contributed by atoms with E-state index in [0.717, 1.165) is 6.07 Å². The normalized spacial score (nSPS) is 12.6. The van der Waals surface area contributed by atoms with Gasteiger partial charge in [0.2, 0.25) is 47.3 Å². The molecule has 0 spiro atoms. The number of rotatable bonds is 41. The fourth-order valence-electron chi connectivity index (χ4n) is 9.15. The van der Waals surface area contributed by atoms with Crippen LogP contribution in [-0.2, 0) is 67.1 Å². The number of carbonyl (C=O) groups excluding carboxylic acids is 10. The molecule has 31 nitrogen and oxygen atoms in total. The number of benzene rings is 4. The molecule has 0 fully saturated rings. The Morgan fingerprint density at radius 1 is 0.398 bits per heavy atom. The van der Waals surface area contributed by atoms with Crippen molar-refractivity contribution in [3.8, 4) is 0 Å². The summed E-state index contributed by atoms with van der Waals surface area (Å²) in [5.41, 5.74) is 40.7. The van der Waals surface area contributed by atoms with Gasteiger partial charge in [0, 0.05) is 57.4 Å². The van der Waals surface area contributed by atoms with Crippen LogP contribution in [0.5, 0.6) is 0 Å². The first-order chi connectivity index (χ1) is 44.5. The highest BCUT2D eigenvalue weighted by Gasteiger charge is 2.34. The molecule has 4 aromatic carbocycles. The third-order valence-corrected chi connectivity index (χ3v) is 13.7. The maximum atomic E-state index is 14.8. The third kappa shape index (κ3) is 29.2. The van der Waals surface area contributed by atoms with E-state index >= 15 is 0 Å². The summed E-state index contributed by atoms with van der Waals surface area (Å²) in [6.45, 7) is -1.56. The number of hydrogen-bond acceptors (Lipinski definition) is 17. The molecule has 502 valence electrons. The Bertz CT molecular complexity index is 3160. The van der Waals surface area contributed by atoms with E-state index in [-0.39, 0.29) is 145 Å². The first-order valence-corrected chi connectivity index (χ1v) is 29.9. The fraction of sp³-hybridized carbons (Fsp3) is 0.403. The molecular weight excluding hydrogens is 1210 g/mol. The van der Waals surface area contributed by atoms with Crippen molar-refractivity contribution in [3.05, 3.63) is 137 Å². The number of primary amides is 1. The van der Waals surface area contributed by atoms with Gasteiger partial charge in [0.05, 0.1) is 24.3 Å². The highest BCUT2D eigenvalue weighted by atomic mass is 16.5. The van der Waals surface area contributed by atoms with Crippen LogP contribution in [0.1, 0.15) is 95.2 Å². The maximum absolute atomic E-state index is 14.8. The van der Waals surface area contributed by atoms with Crippen molar-refractivity contribution in [2.45, 2.75) is 113 Å². The second-order valence-electron chi connectivity index (χ2n) is 21.2. The van der Waals surface area contributed by atoms with E-state index in [1.807, 2.05) is 0 Å². The zero-order valence-electron chi connectivity index (χ0n) is 51.5. The van der Waals surface area contributed by atoms with E-state index in [9.17, 15) is 47.9 Å². The summed E-state index contributed by atoms with van der Waals surface area (Å²) < 4.78 is 9.92. The number of aliphatic hydroxyl groups excluding tert-OH is 2. The number of hydrogen-bond donors (Lipinski definition) is 16. The van der Waals surface area contributed by atoms with Crippen LogP contribution in [0.2, 0.25) is 0 Å². The smallest absolute Gasteiger partial charge is 0.338 e. The standard InChI is InChI=1S/C62H85N17O14/c63-52(84)47(32-38-14-4-1-5-15-38)77-54(86)45(21-12-26-71-61(66)67)75-57(89)49(34-40-18-8-3-9-19-40)79-55(87)46(22-13-27-72-62(68)69)76-56(88)48(33-39-16-6-2-7-17-39)78-53(85)44(20-11-25-70-60(64)65)74-51(83)24-10-23-50(82)73-43-36-41(58(90)92-30-28-80)35-42(37-43)59(91)93-31-29-81/h1-9,14-19,35-37,44-49,80-81H,10-13,20-34H2,(H2,63,84)(H,73,82)(H,74,83)(H,75,89)(H,76,88)(H,77,86)(H,78,85)(H,79,87)(H4,64,65,70)(H4,66,67,71)(H4,68,69,72)/t44-,45-,46-,47-,48-,49-/m0/s1. The van der Waals surface area contributed by atoms with Crippen LogP contribution in [0.3, 0.4) is 0 Å². The Hall–Kier alpha value is -10.7. The molecule has 0 bridgehead atoms. The van der Waals surface area contributed by atoms with Gasteiger partial charge in [-0.2, -0.15) is 0 Å². The van der Waals surface area contributed by atoms with Crippen molar-refractivity contribution in [2.24, 2.45) is 55.1 Å². The number of ether oxygens (including phenoxy) is 2. The zero-order chi connectivity index (χ0) is 68.1. The lowest BCUT2D eigenvalue weighted by Crippen LogP contribution is -2.60. The van der Waals surface area contributed by atoms with Crippen LogP contribution in [-0.4, -0.2) is 170 Å². The topological polar surface area (TPSA) is 533 Å². The van der Waals surface area contributed by atoms with Crippen molar-refractivity contribution in [1.29, 1.82) is 0 Å². The number of nitrogens with two attached hydrogens (primary N) is 7. The monoisotopic (exact) mass is 1290 g/mol. The van der Waals surface area contributed by atoms with Crippen LogP contribution < -0.4 is 77.4 Å². The molecule has 0 unspecified atom stereocenters. The third-order valence-electron chi connectivity index (χ3n) is 13.7. The van der Waals surface area contributed by atoms with E-state index < -0.39 is 109 Å². The largest absolute Gasteiger partial charge is 0.460 e. The summed E-state index contributed by atoms with van der Waals surface area (Å²) in [5, 5.41) is 37.1. The van der Waals surface area contributed by atoms with E-state index in [2.05, 4.69) is 52.2 Å². The summed E-state index contributed by atoms with van der Waals surface area (Å²) in [6, 6.07) is 21.4. The minimum Gasteiger partial charge on any atom is -0.460 e. The van der Waals surface area contributed by atoms with Gasteiger partial charge in [0.25, 0.3) is 0 Å². The number of esters is 2. The minimum absolute atomic E-state index is 0.00337. The Morgan fingerprint density at radius 3 is 1.08 bits per heavy atom. The van der Waals surface area contributed by atoms with Crippen molar-refractivity contribution < 1.29 is 67.6 Å². The second-order valence-corrected chi connectivity index (χ2v) is 21.2. The van der Waals surface area contributed by atoms with Gasteiger partial charge in [-0.25, -0.2) is 9.59 Å². The van der Waals surface area contributed by atoms with E-state index in [0.29, 0.717) is 16.7 Å². The number of nitrogens with zero attached hydrogens (tertiary/aromatic N) is 3. The van der Waals surface area contributed by atoms with Crippen LogP contribution >= 0.6 is 0 Å². The van der Waals surface area contributed by atoms with Crippen LogP contribution in [0.15, 0.2) is 124 Å². The van der Waals surface area contributed by atoms with Crippen molar-refractivity contribution in [1.82, 2.24) is 31.9 Å². The molecule has 0 saturated carbocycles. The van der Waals surface area contributed by atoms with Gasteiger partial charge in [-0.15, -0.1) is 0 Å². The number of aliphatic hydroxyl groups is 2. The Morgan fingerprint density at radius 2 is 0.720 bits per heavy atom. The lowest BCUT2D eigenvalue weighted by Gasteiger charge is -2.28. The SMILES string of the molecule is NC(=O)[C@H](Cc1ccccc1)NC(=O)[C@H](CCCN=C(N)N)NC(=O)[C@H](Cc1ccccc1)NC(=O)[C@H](CCCN=C(N)N)NC(=O)[C@H](Cc1ccccc1)NC(=O)[C@H](CCCN=C(N)N)NC(=O)CCCC(=O)Nc1cc(C(=O)OCCO)cc(C(=O)OCCO)c1. The van der Waals surface area contributed by atoms with Gasteiger partial charge in [-0.05, 0) is 79.8 Å². The number of nitrogens with one attached hydrogen (secondary N) is 7. The van der Waals surface area contributed by atoms with Gasteiger partial charge in [-0.1, -0.05) is 91.0 Å². The molecule has 6 atom stereocenters. The first-order valence-electron chi connectivity index (χ1n) is 29.9. The number of anilines is 1. The van der Waals surface area contributed by atoms with Gasteiger partial charge < -0.3 is 97.0 Å². The number of aliphatic imine (C=N–C) groups is 3. The number of amides is 8. The van der Waals surface area contributed by atoms with Crippen LogP contribution in [0, 0.1) is 0 Å². The average Bonchev–Trinajstić information content (AvgIpc) is 2.01. The zero-order valence-corrected chi connectivity index (χ0v) is 51.5. The van der Waals surface area contributed by atoms with Gasteiger partial charge >= 0.3 is 11.9 Å². The highest BCUT2D eigenvalue weighted by molar-refractivity contribution is 6.00. The summed E-state index contributed by atoms with van der Waals surface area (Å²) in [5.74, 6) is -8.86. The maximum Gasteiger partial charge on any atom is 0.338 e. The summed E-state index contributed by atoms with van der Waals surface area (Å²) in [4.78, 5) is 150. The molecule has 93 heavy (non-hydrogen) atoms. The van der Waals surface area contributed by atoms with Gasteiger partial charge in [0.15, 0.2) is 17.9 Å². The molecule has 4 rings (SSSR count). The predicted molar refractivity (Wildman–Crippen MR) is 345 cm³/mol. The Labute approximate surface area is 537 Å². The lowest BCUT2D eigenvalue weighted by molar-refractivity contribution is -0.135. The summed E-state index contributed by atoms with van der Waals surface area (Å²) >= 11 is 0. The Balaban J connectivity index is 1.61. The van der Waals surface area contributed by atoms with E-state index in [4.69, 9.17) is 59.8 Å². The quantitative estimate of drug-likeness (QED) is 0.00936. The minimum atomic E-state index is -1.44. The molecular formula is C62H85N17O14. The molecule has 0 aliphatic rings. The predicted octanol–water partition coefficient (Wildman–Crippen LogP) is -2.62. The van der Waals surface area contributed by atoms with Crippen molar-refractivity contribution in [2.75, 3.05) is 51.4 Å².